The fraction of sp³-hybridized carbons (Fsp3) is 0.125. The number of phenols is 2. The lowest BCUT2D eigenvalue weighted by molar-refractivity contribution is 0.475. The molecule has 7 aromatic rings. The number of anilines is 6. The van der Waals surface area contributed by atoms with Crippen molar-refractivity contribution in [3.05, 3.63) is 167 Å². The van der Waals surface area contributed by atoms with E-state index < -0.39 is 0 Å². The fourth-order valence-corrected chi connectivity index (χ4v) is 9.65. The summed E-state index contributed by atoms with van der Waals surface area (Å²) in [6.45, 7) is 13.2. The second-order valence-electron chi connectivity index (χ2n) is 15.3. The lowest BCUT2D eigenvalue weighted by Crippen LogP contribution is -2.58. The second-order valence-corrected chi connectivity index (χ2v) is 15.3. The Hall–Kier alpha value is -6.13. The SMILES string of the molecule is Cc1cc(C)c(B2c3ccccc3N(c3cccc(N4c5ccccc5B(c5c(C)cc(C)cc5C)c5ccc(O)cc54)c3)c3cc(O)ccc32)c(C)c1. The minimum absolute atomic E-state index is 0.00581. The van der Waals surface area contributed by atoms with Crippen LogP contribution in [0.3, 0.4) is 0 Å². The summed E-state index contributed by atoms with van der Waals surface area (Å²) in [5.41, 5.74) is 21.0. The number of hydrogen-bond donors (Lipinski definition) is 2. The Kier molecular flexibility index (Phi) is 7.97. The molecule has 0 spiro atoms. The molecule has 0 radical (unpaired) electrons. The van der Waals surface area contributed by atoms with Crippen LogP contribution in [0.25, 0.3) is 0 Å². The summed E-state index contributed by atoms with van der Waals surface area (Å²) >= 11 is 0. The van der Waals surface area contributed by atoms with Crippen molar-refractivity contribution in [2.45, 2.75) is 41.5 Å². The van der Waals surface area contributed by atoms with Crippen molar-refractivity contribution in [1.82, 2.24) is 0 Å². The molecule has 54 heavy (non-hydrogen) atoms. The number of aryl methyl sites for hydroxylation is 6. The Labute approximate surface area is 319 Å². The van der Waals surface area contributed by atoms with E-state index in [9.17, 15) is 10.2 Å². The average Bonchev–Trinajstić information content (AvgIpc) is 3.13. The molecule has 0 bridgehead atoms. The van der Waals surface area contributed by atoms with Crippen molar-refractivity contribution in [2.75, 3.05) is 9.80 Å². The standard InChI is InChI=1S/C48H42B2N2O2/c1-29-22-31(3)47(32(4)23-29)49-39-14-7-9-16-43(39)51(45-27-37(53)18-20-41(45)49)35-12-11-13-36(26-35)52-44-17-10-8-15-40(44)50(42-21-19-38(54)28-46(42)52)48-33(5)24-30(2)25-34(48)6/h7-28,53-54H,1-6H3. The normalized spacial score (nSPS) is 13.0. The van der Waals surface area contributed by atoms with Gasteiger partial charge in [0, 0.05) is 46.3 Å². The second kappa shape index (κ2) is 12.8. The Balaban J connectivity index is 1.24. The molecule has 2 aliphatic heterocycles. The van der Waals surface area contributed by atoms with Crippen molar-refractivity contribution >= 4 is 80.3 Å². The number of phenolic OH excluding ortho intramolecular Hbond substituents is 2. The van der Waals surface area contributed by atoms with Crippen LogP contribution in [0.4, 0.5) is 34.1 Å². The molecule has 0 atom stereocenters. The largest absolute Gasteiger partial charge is 0.508 e. The molecule has 2 aliphatic rings. The van der Waals surface area contributed by atoms with Crippen molar-refractivity contribution in [3.8, 4) is 11.5 Å². The van der Waals surface area contributed by atoms with E-state index in [1.54, 1.807) is 0 Å². The number of rotatable bonds is 4. The molecule has 4 nitrogen and oxygen atoms in total. The highest BCUT2D eigenvalue weighted by molar-refractivity contribution is 6.99. The van der Waals surface area contributed by atoms with Crippen LogP contribution >= 0.6 is 0 Å². The molecule has 0 amide bonds. The van der Waals surface area contributed by atoms with Gasteiger partial charge in [-0.2, -0.15) is 0 Å². The van der Waals surface area contributed by atoms with Crippen molar-refractivity contribution < 1.29 is 10.2 Å². The minimum atomic E-state index is 0.00581. The number of fused-ring (bicyclic) bond motifs is 4. The van der Waals surface area contributed by atoms with Crippen LogP contribution in [-0.4, -0.2) is 23.6 Å². The number of para-hydroxylation sites is 2. The van der Waals surface area contributed by atoms with Crippen LogP contribution in [0, 0.1) is 41.5 Å². The third-order valence-corrected chi connectivity index (χ3v) is 11.5. The molecule has 9 rings (SSSR count). The Bertz CT molecular complexity index is 2430. The van der Waals surface area contributed by atoms with Gasteiger partial charge in [0.25, 0.3) is 0 Å². The first-order chi connectivity index (χ1) is 26.1. The Morgan fingerprint density at radius 2 is 0.741 bits per heavy atom. The Morgan fingerprint density at radius 1 is 0.370 bits per heavy atom. The molecule has 0 saturated heterocycles. The van der Waals surface area contributed by atoms with Gasteiger partial charge < -0.3 is 20.0 Å². The van der Waals surface area contributed by atoms with Gasteiger partial charge in [0.15, 0.2) is 0 Å². The van der Waals surface area contributed by atoms with Gasteiger partial charge in [-0.25, -0.2) is 0 Å². The van der Waals surface area contributed by atoms with Gasteiger partial charge in [-0.05, 0) is 106 Å². The highest BCUT2D eigenvalue weighted by atomic mass is 16.3. The molecule has 2 N–H and O–H groups in total. The molecule has 7 aromatic carbocycles. The average molecular weight is 701 g/mol. The van der Waals surface area contributed by atoms with Crippen LogP contribution in [0.1, 0.15) is 33.4 Å². The maximum Gasteiger partial charge on any atom is 0.247 e. The molecule has 6 heteroatoms. The van der Waals surface area contributed by atoms with E-state index in [1.807, 2.05) is 24.3 Å². The first-order valence-corrected chi connectivity index (χ1v) is 18.8. The van der Waals surface area contributed by atoms with Gasteiger partial charge in [-0.3, -0.25) is 0 Å². The number of benzene rings is 7. The molecule has 262 valence electrons. The molecule has 2 heterocycles. The van der Waals surface area contributed by atoms with Crippen molar-refractivity contribution in [3.63, 3.8) is 0 Å². The van der Waals surface area contributed by atoms with E-state index in [4.69, 9.17) is 0 Å². The summed E-state index contributed by atoms with van der Waals surface area (Å²) in [5.74, 6) is 0.458. The molecule has 0 unspecified atom stereocenters. The first kappa shape index (κ1) is 33.7. The van der Waals surface area contributed by atoms with Crippen LogP contribution in [-0.2, 0) is 0 Å². The van der Waals surface area contributed by atoms with Crippen molar-refractivity contribution in [2.24, 2.45) is 0 Å². The number of hydrogen-bond acceptors (Lipinski definition) is 4. The highest BCUT2D eigenvalue weighted by Gasteiger charge is 2.39. The lowest BCUT2D eigenvalue weighted by Gasteiger charge is -2.39. The van der Waals surface area contributed by atoms with Gasteiger partial charge >= 0.3 is 0 Å². The van der Waals surface area contributed by atoms with E-state index in [-0.39, 0.29) is 24.9 Å². The van der Waals surface area contributed by atoms with Gasteiger partial charge in [0.05, 0.1) is 0 Å². The first-order valence-electron chi connectivity index (χ1n) is 18.8. The van der Waals surface area contributed by atoms with Crippen LogP contribution in [0.5, 0.6) is 11.5 Å². The van der Waals surface area contributed by atoms with Crippen molar-refractivity contribution in [1.29, 1.82) is 0 Å². The van der Waals surface area contributed by atoms with Crippen LogP contribution in [0.15, 0.2) is 133 Å². The summed E-state index contributed by atoms with van der Waals surface area (Å²) in [5, 5.41) is 22.0. The van der Waals surface area contributed by atoms with Gasteiger partial charge in [0.1, 0.15) is 11.5 Å². The zero-order valence-electron chi connectivity index (χ0n) is 31.6. The maximum atomic E-state index is 11.0. The summed E-state index contributed by atoms with van der Waals surface area (Å²) in [6, 6.07) is 46.7. The summed E-state index contributed by atoms with van der Waals surface area (Å²) in [6.07, 6.45) is 0. The minimum Gasteiger partial charge on any atom is -0.508 e. The monoisotopic (exact) mass is 700 g/mol. The van der Waals surface area contributed by atoms with E-state index in [1.165, 1.54) is 55.2 Å². The molecular formula is C48H42B2N2O2. The predicted molar refractivity (Wildman–Crippen MR) is 230 cm³/mol. The Morgan fingerprint density at radius 3 is 1.15 bits per heavy atom. The highest BCUT2D eigenvalue weighted by Crippen LogP contribution is 2.42. The summed E-state index contributed by atoms with van der Waals surface area (Å²) < 4.78 is 0. The predicted octanol–water partition coefficient (Wildman–Crippen LogP) is 7.55. The molecule has 0 aliphatic carbocycles. The lowest BCUT2D eigenvalue weighted by atomic mass is 9.34. The number of aromatic hydroxyl groups is 2. The third-order valence-electron chi connectivity index (χ3n) is 11.5. The van der Waals surface area contributed by atoms with Gasteiger partial charge in [-0.1, -0.05) is 123 Å². The zero-order chi connectivity index (χ0) is 37.4. The summed E-state index contributed by atoms with van der Waals surface area (Å²) in [7, 11) is 0. The quantitative estimate of drug-likeness (QED) is 0.186. The van der Waals surface area contributed by atoms with Crippen LogP contribution < -0.4 is 42.6 Å². The topological polar surface area (TPSA) is 46.9 Å². The van der Waals surface area contributed by atoms with Gasteiger partial charge in [-0.15, -0.1) is 0 Å². The molecule has 0 fully saturated rings. The van der Waals surface area contributed by atoms with E-state index >= 15 is 0 Å². The third kappa shape index (κ3) is 5.31. The zero-order valence-corrected chi connectivity index (χ0v) is 31.6. The van der Waals surface area contributed by atoms with Crippen LogP contribution in [0.2, 0.25) is 0 Å². The van der Waals surface area contributed by atoms with Gasteiger partial charge in [0.2, 0.25) is 13.4 Å². The maximum absolute atomic E-state index is 11.0. The molecule has 0 saturated carbocycles. The number of nitrogens with zero attached hydrogens (tertiary/aromatic N) is 2. The molecule has 0 aromatic heterocycles. The smallest absolute Gasteiger partial charge is 0.247 e. The molecular weight excluding hydrogens is 658 g/mol. The van der Waals surface area contributed by atoms with E-state index in [0.717, 1.165) is 45.0 Å². The van der Waals surface area contributed by atoms with E-state index in [0.29, 0.717) is 0 Å². The summed E-state index contributed by atoms with van der Waals surface area (Å²) in [4.78, 5) is 4.59. The van der Waals surface area contributed by atoms with E-state index in [2.05, 4.69) is 161 Å². The fourth-order valence-electron chi connectivity index (χ4n) is 9.65.